The van der Waals surface area contributed by atoms with Crippen molar-refractivity contribution in [3.05, 3.63) is 83.4 Å². The molecule has 0 spiro atoms. The summed E-state index contributed by atoms with van der Waals surface area (Å²) < 4.78 is 27.0. The fraction of sp³-hybridized carbons (Fsp3) is 0.457. The summed E-state index contributed by atoms with van der Waals surface area (Å²) in [7, 11) is 5.59. The van der Waals surface area contributed by atoms with E-state index in [0.29, 0.717) is 46.6 Å². The Morgan fingerprint density at radius 3 is 2.12 bits per heavy atom. The number of nitrogens with zero attached hydrogens (tertiary/aromatic N) is 1. The summed E-state index contributed by atoms with van der Waals surface area (Å²) in [6.45, 7) is 6.82. The largest absolute Gasteiger partial charge is 0.496 e. The summed E-state index contributed by atoms with van der Waals surface area (Å²) in [5.41, 5.74) is 2.10. The molecule has 1 aliphatic rings. The highest BCUT2D eigenvalue weighted by Crippen LogP contribution is 2.40. The van der Waals surface area contributed by atoms with Crippen LogP contribution in [0.15, 0.2) is 66.7 Å². The van der Waals surface area contributed by atoms with Gasteiger partial charge in [0.2, 0.25) is 23.6 Å². The molecule has 6 amide bonds. The second-order valence-corrected chi connectivity index (χ2v) is 16.1. The number of carbonyl (C=O) groups is 7. The zero-order valence-corrected chi connectivity index (χ0v) is 37.7. The number of hydrogen-bond donors (Lipinski definition) is 5. The van der Waals surface area contributed by atoms with Crippen molar-refractivity contribution >= 4 is 41.8 Å². The molecule has 0 radical (unpaired) electrons. The lowest BCUT2D eigenvalue weighted by Crippen LogP contribution is -2.55. The van der Waals surface area contributed by atoms with Gasteiger partial charge in [0, 0.05) is 44.1 Å². The highest BCUT2D eigenvalue weighted by atomic mass is 16.6. The summed E-state index contributed by atoms with van der Waals surface area (Å²) in [5, 5.41) is 13.4. The van der Waals surface area contributed by atoms with E-state index in [-0.39, 0.29) is 39.0 Å². The van der Waals surface area contributed by atoms with E-state index in [1.54, 1.807) is 69.3 Å². The summed E-state index contributed by atoms with van der Waals surface area (Å²) in [6.07, 6.45) is -0.636. The van der Waals surface area contributed by atoms with Crippen molar-refractivity contribution in [1.82, 2.24) is 31.5 Å². The number of rotatable bonds is 16. The number of ether oxygens (including phenoxy) is 5. The zero-order chi connectivity index (χ0) is 47.0. The molecule has 0 aliphatic carbocycles. The molecule has 18 heteroatoms. The fourth-order valence-corrected chi connectivity index (χ4v) is 6.90. The average Bonchev–Trinajstić information content (AvgIpc) is 3.26. The number of hydrogen-bond acceptors (Lipinski definition) is 12. The average molecular weight is 889 g/mol. The maximum absolute atomic E-state index is 14.7. The van der Waals surface area contributed by atoms with Crippen LogP contribution in [-0.4, -0.2) is 112 Å². The lowest BCUT2D eigenvalue weighted by Gasteiger charge is -2.32. The van der Waals surface area contributed by atoms with Gasteiger partial charge in [0.1, 0.15) is 47.9 Å². The monoisotopic (exact) mass is 888 g/mol. The SMILES string of the molecule is COC(=O)[C@@H]1Cc2ccc(OC)c(c2)-c2cc(ccc2OC)[C@H](N(C)C(=O)[C@H](CCCCNC(=O)OC(C)(C)C)NC(=O)CCNC(=O)OCc2ccccc2)C(=O)N[C@@H](C)C(=O)N1. The summed E-state index contributed by atoms with van der Waals surface area (Å²) in [4.78, 5) is 94.8. The van der Waals surface area contributed by atoms with E-state index in [0.717, 1.165) is 5.56 Å². The number of nitrogens with one attached hydrogen (secondary N) is 5. The van der Waals surface area contributed by atoms with Crippen LogP contribution in [0.2, 0.25) is 0 Å². The van der Waals surface area contributed by atoms with Crippen LogP contribution in [0.1, 0.15) is 76.1 Å². The summed E-state index contributed by atoms with van der Waals surface area (Å²) in [6, 6.07) is 14.4. The standard InChI is InChI=1S/C46H60N6O12/c1-28-40(54)51-35(43(57)62-8)25-30-17-19-36(60-6)32(24-30)33-26-31(18-20-37(33)61-7)39(41(55)49-28)52(5)42(56)34(16-12-13-22-47-45(59)64-46(2,3)4)50-38(53)21-23-48-44(58)63-27-29-14-10-9-11-15-29/h9-11,14-15,17-20,24,26,28,34-35,39H,12-13,16,21-23,25,27H2,1-8H3,(H,47,59)(H,48,58)(H,49,55)(H,50,53)(H,51,54)/t28-,34-,35-,39-/m0/s1. The van der Waals surface area contributed by atoms with Crippen molar-refractivity contribution in [2.24, 2.45) is 0 Å². The number of benzene rings is 3. The van der Waals surface area contributed by atoms with Crippen LogP contribution in [0, 0.1) is 0 Å². The van der Waals surface area contributed by atoms with Crippen LogP contribution in [0.3, 0.4) is 0 Å². The molecule has 0 saturated carbocycles. The minimum absolute atomic E-state index is 0.0341. The van der Waals surface area contributed by atoms with Gasteiger partial charge in [0.15, 0.2) is 0 Å². The zero-order valence-electron chi connectivity index (χ0n) is 37.7. The molecule has 0 fully saturated rings. The number of likely N-dealkylation sites (N-methyl/N-ethyl adjacent to an activating group) is 1. The lowest BCUT2D eigenvalue weighted by atomic mass is 9.93. The highest BCUT2D eigenvalue weighted by molar-refractivity contribution is 5.96. The molecular weight excluding hydrogens is 829 g/mol. The van der Waals surface area contributed by atoms with Crippen molar-refractivity contribution in [2.45, 2.75) is 96.2 Å². The van der Waals surface area contributed by atoms with E-state index in [1.807, 2.05) is 18.2 Å². The van der Waals surface area contributed by atoms with Gasteiger partial charge in [-0.15, -0.1) is 0 Å². The topological polar surface area (TPSA) is 229 Å². The van der Waals surface area contributed by atoms with Gasteiger partial charge >= 0.3 is 18.2 Å². The Balaban J connectivity index is 1.65. The van der Waals surface area contributed by atoms with Crippen LogP contribution < -0.4 is 36.1 Å². The maximum atomic E-state index is 14.7. The van der Waals surface area contributed by atoms with Gasteiger partial charge < -0.3 is 55.2 Å². The molecule has 64 heavy (non-hydrogen) atoms. The second kappa shape index (κ2) is 23.6. The molecule has 1 aliphatic heterocycles. The van der Waals surface area contributed by atoms with Gasteiger partial charge in [-0.2, -0.15) is 0 Å². The number of esters is 1. The van der Waals surface area contributed by atoms with Gasteiger partial charge in [-0.3, -0.25) is 19.2 Å². The predicted molar refractivity (Wildman–Crippen MR) is 235 cm³/mol. The van der Waals surface area contributed by atoms with Crippen LogP contribution in [0.25, 0.3) is 11.1 Å². The molecule has 18 nitrogen and oxygen atoms in total. The predicted octanol–water partition coefficient (Wildman–Crippen LogP) is 4.09. The third-order valence-electron chi connectivity index (χ3n) is 10.1. The van der Waals surface area contributed by atoms with Crippen molar-refractivity contribution in [3.8, 4) is 22.6 Å². The van der Waals surface area contributed by atoms with Gasteiger partial charge in [0.25, 0.3) is 0 Å². The number of alkyl carbamates (subject to hydrolysis) is 2. The summed E-state index contributed by atoms with van der Waals surface area (Å²) >= 11 is 0. The van der Waals surface area contributed by atoms with Gasteiger partial charge in [-0.05, 0) is 87.9 Å². The molecule has 5 N–H and O–H groups in total. The second-order valence-electron chi connectivity index (χ2n) is 16.1. The number of methoxy groups -OCH3 is 3. The van der Waals surface area contributed by atoms with Gasteiger partial charge in [0.05, 0.1) is 21.3 Å². The molecule has 4 atom stereocenters. The molecule has 3 aromatic carbocycles. The molecule has 4 rings (SSSR count). The van der Waals surface area contributed by atoms with E-state index in [9.17, 15) is 33.6 Å². The third-order valence-corrected chi connectivity index (χ3v) is 10.1. The number of unbranched alkanes of at least 4 members (excludes halogenated alkanes) is 1. The lowest BCUT2D eigenvalue weighted by molar-refractivity contribution is -0.145. The minimum Gasteiger partial charge on any atom is -0.496 e. The van der Waals surface area contributed by atoms with E-state index in [2.05, 4.69) is 26.6 Å². The van der Waals surface area contributed by atoms with E-state index in [4.69, 9.17) is 23.7 Å². The van der Waals surface area contributed by atoms with Crippen molar-refractivity contribution in [3.63, 3.8) is 0 Å². The molecule has 0 saturated heterocycles. The van der Waals surface area contributed by atoms with Crippen molar-refractivity contribution in [1.29, 1.82) is 0 Å². The molecule has 1 heterocycles. The fourth-order valence-electron chi connectivity index (χ4n) is 6.90. The quantitative estimate of drug-likeness (QED) is 0.0779. The number of amides is 6. The third kappa shape index (κ3) is 14.6. The first-order valence-corrected chi connectivity index (χ1v) is 21.0. The smallest absolute Gasteiger partial charge is 0.407 e. The van der Waals surface area contributed by atoms with Crippen LogP contribution in [0.4, 0.5) is 9.59 Å². The Bertz CT molecular complexity index is 2130. The first-order chi connectivity index (χ1) is 30.4. The van der Waals surface area contributed by atoms with Crippen LogP contribution >= 0.6 is 0 Å². The molecule has 3 aromatic rings. The first kappa shape index (κ1) is 49.8. The van der Waals surface area contributed by atoms with Crippen molar-refractivity contribution in [2.75, 3.05) is 41.5 Å². The molecule has 4 bridgehead atoms. The van der Waals surface area contributed by atoms with Crippen LogP contribution in [-0.2, 0) is 51.2 Å². The minimum atomic E-state index is -1.38. The van der Waals surface area contributed by atoms with E-state index >= 15 is 0 Å². The Kier molecular flexibility index (Phi) is 18.3. The number of carbonyl (C=O) groups excluding carboxylic acids is 7. The van der Waals surface area contributed by atoms with Crippen molar-refractivity contribution < 1.29 is 57.2 Å². The molecular formula is C46H60N6O12. The molecule has 0 unspecified atom stereocenters. The Labute approximate surface area is 373 Å². The normalized spacial score (nSPS) is 16.6. The van der Waals surface area contributed by atoms with Gasteiger partial charge in [-0.1, -0.05) is 42.5 Å². The van der Waals surface area contributed by atoms with Crippen LogP contribution in [0.5, 0.6) is 11.5 Å². The maximum Gasteiger partial charge on any atom is 0.407 e. The molecule has 0 aromatic heterocycles. The highest BCUT2D eigenvalue weighted by Gasteiger charge is 2.36. The molecule has 346 valence electrons. The first-order valence-electron chi connectivity index (χ1n) is 21.0. The van der Waals surface area contributed by atoms with E-state index in [1.165, 1.54) is 40.2 Å². The Morgan fingerprint density at radius 2 is 1.47 bits per heavy atom. The Hall–Kier alpha value is -6.85. The van der Waals surface area contributed by atoms with E-state index < -0.39 is 71.6 Å². The van der Waals surface area contributed by atoms with Gasteiger partial charge in [-0.25, -0.2) is 14.4 Å². The Morgan fingerprint density at radius 1 is 0.812 bits per heavy atom. The number of fused-ring (bicyclic) bond motifs is 5. The summed E-state index contributed by atoms with van der Waals surface area (Å²) in [5.74, 6) is -2.49.